The van der Waals surface area contributed by atoms with Gasteiger partial charge in [-0.05, 0) is 34.7 Å². The van der Waals surface area contributed by atoms with Gasteiger partial charge in [-0.25, -0.2) is 0 Å². The second-order valence-electron chi connectivity index (χ2n) is 4.79. The Morgan fingerprint density at radius 3 is 2.53 bits per heavy atom. The van der Waals surface area contributed by atoms with Crippen LogP contribution in [0.25, 0.3) is 5.82 Å². The lowest BCUT2D eigenvalue weighted by molar-refractivity contribution is 0.556. The Morgan fingerprint density at radius 2 is 2.06 bits per heavy atom. The average molecular weight is 343 g/mol. The largest absolute Gasteiger partial charge is 0.383 e. The highest BCUT2D eigenvalue weighted by molar-refractivity contribution is 14.1. The molecule has 2 rings (SSSR count). The number of hydrogen-bond donors (Lipinski definition) is 1. The number of nitrogen functional groups attached to an aromatic ring is 1. The summed E-state index contributed by atoms with van der Waals surface area (Å²) in [6, 6.07) is 3.64. The number of halogens is 1. The van der Waals surface area contributed by atoms with Gasteiger partial charge in [0.25, 0.3) is 0 Å². The summed E-state index contributed by atoms with van der Waals surface area (Å²) in [7, 11) is 0. The van der Waals surface area contributed by atoms with Crippen molar-refractivity contribution in [2.24, 2.45) is 0 Å². The van der Waals surface area contributed by atoms with Crippen LogP contribution >= 0.6 is 22.6 Å². The van der Waals surface area contributed by atoms with E-state index in [2.05, 4.69) is 58.7 Å². The van der Waals surface area contributed by atoms with Crippen molar-refractivity contribution in [3.63, 3.8) is 0 Å². The highest BCUT2D eigenvalue weighted by Gasteiger charge is 2.25. The fourth-order valence-electron chi connectivity index (χ4n) is 1.47. The summed E-state index contributed by atoms with van der Waals surface area (Å²) in [5, 5.41) is 12.4. The lowest BCUT2D eigenvalue weighted by Crippen LogP contribution is -2.14. The summed E-state index contributed by atoms with van der Waals surface area (Å²) >= 11 is 2.22. The Balaban J connectivity index is 2.59. The number of rotatable bonds is 1. The van der Waals surface area contributed by atoms with E-state index in [1.807, 2.05) is 12.1 Å². The summed E-state index contributed by atoms with van der Waals surface area (Å²) in [5.41, 5.74) is 6.99. The topological polar surface area (TPSA) is 69.6 Å². The van der Waals surface area contributed by atoms with Gasteiger partial charge in [0.2, 0.25) is 0 Å². The predicted molar refractivity (Wildman–Crippen MR) is 75.0 cm³/mol. The molecule has 0 spiro atoms. The first-order valence-electron chi connectivity index (χ1n) is 5.24. The highest BCUT2D eigenvalue weighted by atomic mass is 127. The molecule has 0 aliphatic heterocycles. The van der Waals surface area contributed by atoms with Crippen LogP contribution in [0.1, 0.15) is 26.5 Å². The zero-order valence-electron chi connectivity index (χ0n) is 9.98. The number of nitrogens with zero attached hydrogens (tertiary/aromatic N) is 4. The van der Waals surface area contributed by atoms with Crippen LogP contribution in [0.15, 0.2) is 18.3 Å². The molecule has 6 heteroatoms. The van der Waals surface area contributed by atoms with Crippen molar-refractivity contribution in [2.75, 3.05) is 5.73 Å². The molecule has 0 saturated heterocycles. The van der Waals surface area contributed by atoms with E-state index in [4.69, 9.17) is 5.73 Å². The summed E-state index contributed by atoms with van der Waals surface area (Å²) in [4.78, 5) is 0. The van der Waals surface area contributed by atoms with Crippen molar-refractivity contribution in [1.82, 2.24) is 20.0 Å². The van der Waals surface area contributed by atoms with Crippen molar-refractivity contribution in [2.45, 2.75) is 26.2 Å². The zero-order valence-corrected chi connectivity index (χ0v) is 12.1. The Kier molecular flexibility index (Phi) is 3.07. The van der Waals surface area contributed by atoms with Gasteiger partial charge < -0.3 is 5.73 Å². The van der Waals surface area contributed by atoms with Crippen molar-refractivity contribution in [1.29, 1.82) is 0 Å². The van der Waals surface area contributed by atoms with Crippen molar-refractivity contribution in [3.8, 4) is 5.82 Å². The summed E-state index contributed by atoms with van der Waals surface area (Å²) in [6.45, 7) is 6.33. The molecule has 2 N–H and O–H groups in total. The third-order valence-electron chi connectivity index (χ3n) is 2.35. The molecule has 0 unspecified atom stereocenters. The van der Waals surface area contributed by atoms with Crippen LogP contribution in [0, 0.1) is 3.57 Å². The number of anilines is 1. The van der Waals surface area contributed by atoms with E-state index in [0.717, 1.165) is 9.26 Å². The van der Waals surface area contributed by atoms with E-state index in [-0.39, 0.29) is 5.41 Å². The van der Waals surface area contributed by atoms with Gasteiger partial charge >= 0.3 is 0 Å². The minimum atomic E-state index is -0.0435. The van der Waals surface area contributed by atoms with E-state index in [0.29, 0.717) is 11.6 Å². The van der Waals surface area contributed by atoms with Crippen LogP contribution in [0.3, 0.4) is 0 Å². The normalized spacial score (nSPS) is 11.8. The van der Waals surface area contributed by atoms with Crippen molar-refractivity contribution < 1.29 is 0 Å². The first-order valence-corrected chi connectivity index (χ1v) is 6.31. The molecule has 0 saturated carbocycles. The van der Waals surface area contributed by atoms with Gasteiger partial charge in [0.1, 0.15) is 5.82 Å². The molecule has 0 aliphatic rings. The maximum atomic E-state index is 6.06. The van der Waals surface area contributed by atoms with E-state index in [1.165, 1.54) is 0 Å². The lowest BCUT2D eigenvalue weighted by atomic mass is 9.92. The maximum absolute atomic E-state index is 6.06. The first kappa shape index (κ1) is 12.3. The molecule has 2 heterocycles. The van der Waals surface area contributed by atoms with Gasteiger partial charge in [-0.2, -0.15) is 14.9 Å². The molecular weight excluding hydrogens is 329 g/mol. The predicted octanol–water partition coefficient (Wildman–Crippen LogP) is 2.15. The van der Waals surface area contributed by atoms with Gasteiger partial charge in [0.15, 0.2) is 5.82 Å². The third-order valence-corrected chi connectivity index (χ3v) is 3.41. The van der Waals surface area contributed by atoms with Crippen molar-refractivity contribution >= 4 is 28.4 Å². The summed E-state index contributed by atoms with van der Waals surface area (Å²) in [6.07, 6.45) is 1.62. The fraction of sp³-hybridized carbons (Fsp3) is 0.364. The lowest BCUT2D eigenvalue weighted by Gasteiger charge is -2.15. The molecule has 2 aromatic heterocycles. The number of aromatic nitrogens is 4. The Hall–Kier alpha value is -1.18. The van der Waals surface area contributed by atoms with Gasteiger partial charge in [0, 0.05) is 11.6 Å². The van der Waals surface area contributed by atoms with Gasteiger partial charge in [0.05, 0.1) is 9.26 Å². The summed E-state index contributed by atoms with van der Waals surface area (Å²) in [5.74, 6) is 1.24. The molecule has 5 nitrogen and oxygen atoms in total. The maximum Gasteiger partial charge on any atom is 0.178 e. The second kappa shape index (κ2) is 4.25. The minimum Gasteiger partial charge on any atom is -0.383 e. The van der Waals surface area contributed by atoms with E-state index < -0.39 is 0 Å². The van der Waals surface area contributed by atoms with Crippen LogP contribution in [-0.4, -0.2) is 20.0 Å². The molecule has 0 radical (unpaired) electrons. The van der Waals surface area contributed by atoms with E-state index in [1.54, 1.807) is 10.9 Å². The molecule has 0 bridgehead atoms. The molecule has 17 heavy (non-hydrogen) atoms. The summed E-state index contributed by atoms with van der Waals surface area (Å²) < 4.78 is 2.61. The standard InChI is InChI=1S/C11H14IN5/c1-11(2,3)9-8(12)10(13)17(16-9)7-5-4-6-14-15-7/h4-6H,13H2,1-3H3. The van der Waals surface area contributed by atoms with Gasteiger partial charge in [-0.1, -0.05) is 20.8 Å². The van der Waals surface area contributed by atoms with Crippen LogP contribution < -0.4 is 5.73 Å². The van der Waals surface area contributed by atoms with Crippen LogP contribution in [0.2, 0.25) is 0 Å². The molecular formula is C11H14IN5. The fourth-order valence-corrected chi connectivity index (χ4v) is 2.62. The second-order valence-corrected chi connectivity index (χ2v) is 5.87. The van der Waals surface area contributed by atoms with E-state index >= 15 is 0 Å². The SMILES string of the molecule is CC(C)(C)c1nn(-c2cccnn2)c(N)c1I. The molecule has 0 amide bonds. The van der Waals surface area contributed by atoms with Crippen LogP contribution in [-0.2, 0) is 5.41 Å². The number of nitrogens with two attached hydrogens (primary N) is 1. The highest BCUT2D eigenvalue weighted by Crippen LogP contribution is 2.30. The van der Waals surface area contributed by atoms with Gasteiger partial charge in [-0.15, -0.1) is 5.10 Å². The molecule has 0 aliphatic carbocycles. The van der Waals surface area contributed by atoms with Crippen LogP contribution in [0.4, 0.5) is 5.82 Å². The number of hydrogen-bond acceptors (Lipinski definition) is 4. The Labute approximate surface area is 114 Å². The minimum absolute atomic E-state index is 0.0435. The van der Waals surface area contributed by atoms with Gasteiger partial charge in [-0.3, -0.25) is 0 Å². The molecule has 0 aromatic carbocycles. The smallest absolute Gasteiger partial charge is 0.178 e. The van der Waals surface area contributed by atoms with Crippen molar-refractivity contribution in [3.05, 3.63) is 27.6 Å². The molecule has 2 aromatic rings. The molecule has 90 valence electrons. The monoisotopic (exact) mass is 343 g/mol. The average Bonchev–Trinajstić information content (AvgIpc) is 2.57. The third kappa shape index (κ3) is 2.26. The Morgan fingerprint density at radius 1 is 1.35 bits per heavy atom. The van der Waals surface area contributed by atoms with Crippen LogP contribution in [0.5, 0.6) is 0 Å². The first-order chi connectivity index (χ1) is 7.91. The molecule has 0 fully saturated rings. The van der Waals surface area contributed by atoms with E-state index in [9.17, 15) is 0 Å². The molecule has 0 atom stereocenters. The quantitative estimate of drug-likeness (QED) is 0.806. The Bertz CT molecular complexity index is 527. The zero-order chi connectivity index (χ0) is 12.6.